The van der Waals surface area contributed by atoms with Crippen LogP contribution in [-0.4, -0.2) is 41.0 Å². The van der Waals surface area contributed by atoms with E-state index in [9.17, 15) is 8.42 Å². The Kier molecular flexibility index (Phi) is 7.38. The average Bonchev–Trinajstić information content (AvgIpc) is 2.36. The molecule has 0 atom stereocenters. The van der Waals surface area contributed by atoms with Crippen LogP contribution >= 0.6 is 11.6 Å². The molecule has 0 spiro atoms. The van der Waals surface area contributed by atoms with E-state index in [2.05, 4.69) is 5.32 Å². The third-order valence-electron chi connectivity index (χ3n) is 2.63. The Morgan fingerprint density at radius 2 is 2.00 bits per heavy atom. The van der Waals surface area contributed by atoms with Crippen molar-refractivity contribution in [3.63, 3.8) is 0 Å². The van der Waals surface area contributed by atoms with Crippen molar-refractivity contribution >= 4 is 21.4 Å². The molecule has 1 rings (SSSR count). The molecule has 0 amide bonds. The highest BCUT2D eigenvalue weighted by atomic mass is 35.5. The minimum Gasteiger partial charge on any atom is -0.383 e. The van der Waals surface area contributed by atoms with Gasteiger partial charge in [-0.15, -0.1) is 0 Å². The Morgan fingerprint density at radius 3 is 2.68 bits per heavy atom. The first-order valence-corrected chi connectivity index (χ1v) is 8.38. The number of ether oxygens (including phenoxy) is 1. The predicted octanol–water partition coefficient (Wildman–Crippen LogP) is 1.88. The zero-order chi connectivity index (χ0) is 14.1. The van der Waals surface area contributed by atoms with Crippen LogP contribution in [0, 0.1) is 0 Å². The highest BCUT2D eigenvalue weighted by molar-refractivity contribution is 7.90. The fourth-order valence-electron chi connectivity index (χ4n) is 1.64. The second kappa shape index (κ2) is 8.53. The first-order valence-electron chi connectivity index (χ1n) is 6.18. The largest absolute Gasteiger partial charge is 0.383 e. The lowest BCUT2D eigenvalue weighted by molar-refractivity contribution is 0.199. The number of hydrogen-bond donors (Lipinski definition) is 1. The SMILES string of the molecule is COCCNCCCS(=O)(=O)Cc1ccccc1Cl. The van der Waals surface area contributed by atoms with Gasteiger partial charge in [0.25, 0.3) is 0 Å². The number of halogens is 1. The molecule has 108 valence electrons. The third-order valence-corrected chi connectivity index (χ3v) is 4.66. The molecule has 0 radical (unpaired) electrons. The van der Waals surface area contributed by atoms with Crippen molar-refractivity contribution in [1.82, 2.24) is 5.32 Å². The Bertz CT molecular complexity index is 477. The van der Waals surface area contributed by atoms with E-state index in [0.717, 1.165) is 6.54 Å². The van der Waals surface area contributed by atoms with Crippen LogP contribution in [0.5, 0.6) is 0 Å². The topological polar surface area (TPSA) is 55.4 Å². The molecule has 0 fully saturated rings. The van der Waals surface area contributed by atoms with E-state index in [4.69, 9.17) is 16.3 Å². The van der Waals surface area contributed by atoms with Crippen molar-refractivity contribution < 1.29 is 13.2 Å². The summed E-state index contributed by atoms with van der Waals surface area (Å²) in [6.07, 6.45) is 0.594. The van der Waals surface area contributed by atoms with Gasteiger partial charge in [-0.05, 0) is 24.6 Å². The van der Waals surface area contributed by atoms with Gasteiger partial charge in [0.1, 0.15) is 0 Å². The molecule has 0 saturated carbocycles. The summed E-state index contributed by atoms with van der Waals surface area (Å²) in [5, 5.41) is 3.62. The molecule has 19 heavy (non-hydrogen) atoms. The van der Waals surface area contributed by atoms with Crippen molar-refractivity contribution in [3.05, 3.63) is 34.9 Å². The summed E-state index contributed by atoms with van der Waals surface area (Å²) >= 11 is 5.96. The lowest BCUT2D eigenvalue weighted by atomic mass is 10.2. The van der Waals surface area contributed by atoms with E-state index in [1.54, 1.807) is 31.4 Å². The second-order valence-electron chi connectivity index (χ2n) is 4.28. The van der Waals surface area contributed by atoms with E-state index >= 15 is 0 Å². The van der Waals surface area contributed by atoms with Crippen molar-refractivity contribution in [3.8, 4) is 0 Å². The first kappa shape index (κ1) is 16.4. The van der Waals surface area contributed by atoms with E-state index in [-0.39, 0.29) is 11.5 Å². The fourth-order valence-corrected chi connectivity index (χ4v) is 3.38. The fraction of sp³-hybridized carbons (Fsp3) is 0.538. The molecule has 1 aromatic rings. The molecule has 1 N–H and O–H groups in total. The quantitative estimate of drug-likeness (QED) is 0.708. The Hall–Kier alpha value is -0.620. The molecule has 6 heteroatoms. The standard InChI is InChI=1S/C13H20ClNO3S/c1-18-9-8-15-7-4-10-19(16,17)11-12-5-2-3-6-13(12)14/h2-3,5-6,15H,4,7-11H2,1H3. The van der Waals surface area contributed by atoms with Crippen LogP contribution < -0.4 is 5.32 Å². The Labute approximate surface area is 120 Å². The summed E-state index contributed by atoms with van der Waals surface area (Å²) in [5.41, 5.74) is 0.663. The number of sulfone groups is 1. The monoisotopic (exact) mass is 305 g/mol. The van der Waals surface area contributed by atoms with Gasteiger partial charge in [0, 0.05) is 18.7 Å². The normalized spacial score (nSPS) is 11.7. The first-order chi connectivity index (χ1) is 9.05. The number of benzene rings is 1. The lowest BCUT2D eigenvalue weighted by Crippen LogP contribution is -2.22. The van der Waals surface area contributed by atoms with Crippen molar-refractivity contribution in [2.75, 3.05) is 32.6 Å². The molecule has 1 aromatic carbocycles. The Balaban J connectivity index is 2.34. The van der Waals surface area contributed by atoms with E-state index in [1.165, 1.54) is 0 Å². The number of hydrogen-bond acceptors (Lipinski definition) is 4. The van der Waals surface area contributed by atoms with E-state index in [0.29, 0.717) is 30.2 Å². The Morgan fingerprint density at radius 1 is 1.26 bits per heavy atom. The molecular weight excluding hydrogens is 286 g/mol. The third kappa shape index (κ3) is 6.92. The number of methoxy groups -OCH3 is 1. The van der Waals surface area contributed by atoms with Gasteiger partial charge in [-0.3, -0.25) is 0 Å². The summed E-state index contributed by atoms with van der Waals surface area (Å²) in [6.45, 7) is 2.04. The van der Waals surface area contributed by atoms with Crippen LogP contribution in [0.15, 0.2) is 24.3 Å². The van der Waals surface area contributed by atoms with Crippen LogP contribution in [0.3, 0.4) is 0 Å². The molecule has 0 heterocycles. The molecule has 4 nitrogen and oxygen atoms in total. The minimum absolute atomic E-state index is 0.00471. The average molecular weight is 306 g/mol. The van der Waals surface area contributed by atoms with Gasteiger partial charge >= 0.3 is 0 Å². The van der Waals surface area contributed by atoms with Gasteiger partial charge in [-0.25, -0.2) is 8.42 Å². The van der Waals surface area contributed by atoms with Gasteiger partial charge < -0.3 is 10.1 Å². The summed E-state index contributed by atoms with van der Waals surface area (Å²) < 4.78 is 28.7. The molecule has 0 aliphatic heterocycles. The van der Waals surface area contributed by atoms with Crippen LogP contribution in [0.1, 0.15) is 12.0 Å². The highest BCUT2D eigenvalue weighted by Crippen LogP contribution is 2.18. The molecule has 0 aliphatic rings. The van der Waals surface area contributed by atoms with E-state index in [1.807, 2.05) is 0 Å². The van der Waals surface area contributed by atoms with Gasteiger partial charge in [0.15, 0.2) is 9.84 Å². The minimum atomic E-state index is -3.11. The summed E-state index contributed by atoms with van der Waals surface area (Å²) in [7, 11) is -1.47. The summed E-state index contributed by atoms with van der Waals surface area (Å²) in [6, 6.07) is 7.04. The predicted molar refractivity (Wildman–Crippen MR) is 78.3 cm³/mol. The maximum absolute atomic E-state index is 11.9. The summed E-state index contributed by atoms with van der Waals surface area (Å²) in [5.74, 6) is 0.170. The van der Waals surface area contributed by atoms with Crippen LogP contribution in [0.4, 0.5) is 0 Å². The number of nitrogens with one attached hydrogen (secondary N) is 1. The van der Waals surface area contributed by atoms with E-state index < -0.39 is 9.84 Å². The molecule has 0 unspecified atom stereocenters. The van der Waals surface area contributed by atoms with Crippen LogP contribution in [-0.2, 0) is 20.3 Å². The molecule has 0 saturated heterocycles. The van der Waals surface area contributed by atoms with Gasteiger partial charge in [-0.1, -0.05) is 29.8 Å². The zero-order valence-electron chi connectivity index (χ0n) is 11.1. The molecule has 0 aromatic heterocycles. The second-order valence-corrected chi connectivity index (χ2v) is 6.87. The zero-order valence-corrected chi connectivity index (χ0v) is 12.6. The lowest BCUT2D eigenvalue weighted by Gasteiger charge is -2.07. The molecule has 0 bridgehead atoms. The van der Waals surface area contributed by atoms with Crippen molar-refractivity contribution in [2.24, 2.45) is 0 Å². The molecular formula is C13H20ClNO3S. The maximum atomic E-state index is 11.9. The van der Waals surface area contributed by atoms with Crippen molar-refractivity contribution in [2.45, 2.75) is 12.2 Å². The smallest absolute Gasteiger partial charge is 0.154 e. The van der Waals surface area contributed by atoms with Crippen LogP contribution in [0.25, 0.3) is 0 Å². The number of rotatable bonds is 9. The van der Waals surface area contributed by atoms with Gasteiger partial charge in [0.2, 0.25) is 0 Å². The molecule has 0 aliphatic carbocycles. The maximum Gasteiger partial charge on any atom is 0.154 e. The van der Waals surface area contributed by atoms with Gasteiger partial charge in [-0.2, -0.15) is 0 Å². The summed E-state index contributed by atoms with van der Waals surface area (Å²) in [4.78, 5) is 0. The van der Waals surface area contributed by atoms with Crippen molar-refractivity contribution in [1.29, 1.82) is 0 Å². The van der Waals surface area contributed by atoms with Gasteiger partial charge in [0.05, 0.1) is 18.1 Å². The van der Waals surface area contributed by atoms with Crippen LogP contribution in [0.2, 0.25) is 5.02 Å². The highest BCUT2D eigenvalue weighted by Gasteiger charge is 2.13.